The van der Waals surface area contributed by atoms with Gasteiger partial charge in [-0.2, -0.15) is 5.10 Å². The Morgan fingerprint density at radius 2 is 1.58 bits per heavy atom. The Kier molecular flexibility index (Phi) is 3.81. The van der Waals surface area contributed by atoms with E-state index in [-0.39, 0.29) is 16.7 Å². The van der Waals surface area contributed by atoms with Gasteiger partial charge in [0.15, 0.2) is 0 Å². The van der Waals surface area contributed by atoms with Gasteiger partial charge in [0.2, 0.25) is 0 Å². The van der Waals surface area contributed by atoms with Crippen LogP contribution in [-0.4, -0.2) is 32.6 Å². The van der Waals surface area contributed by atoms with Crippen LogP contribution >= 0.6 is 0 Å². The molecule has 0 spiro atoms. The summed E-state index contributed by atoms with van der Waals surface area (Å²) in [6.45, 7) is 0.361. The van der Waals surface area contributed by atoms with Crippen LogP contribution in [-0.2, 0) is 11.4 Å². The van der Waals surface area contributed by atoms with Crippen LogP contribution in [0.25, 0.3) is 0 Å². The van der Waals surface area contributed by atoms with Gasteiger partial charge in [0.1, 0.15) is 0 Å². The van der Waals surface area contributed by atoms with Crippen molar-refractivity contribution in [1.82, 2.24) is 14.8 Å². The monoisotopic (exact) mass is 347 g/mol. The smallest absolute Gasteiger partial charge is 0.324 e. The van der Waals surface area contributed by atoms with Crippen LogP contribution in [0.1, 0.15) is 36.6 Å². The molecule has 0 saturated carbocycles. The molecule has 1 aliphatic heterocycles. The van der Waals surface area contributed by atoms with Crippen molar-refractivity contribution in [3.05, 3.63) is 89.2 Å². The largest absolute Gasteiger partial charge is 0.364 e. The lowest BCUT2D eigenvalue weighted by Gasteiger charge is -2.14. The summed E-state index contributed by atoms with van der Waals surface area (Å²) in [4.78, 5) is 42.4. The Labute approximate surface area is 148 Å². The first-order valence-electron chi connectivity index (χ1n) is 7.90. The van der Waals surface area contributed by atoms with Gasteiger partial charge in [0.05, 0.1) is 23.2 Å². The fraction of sp³-hybridized carbons (Fsp3) is 0.0526. The summed E-state index contributed by atoms with van der Waals surface area (Å²) >= 11 is 0. The summed E-state index contributed by atoms with van der Waals surface area (Å²) in [5.41, 5.74) is 1.36. The number of imide groups is 1. The zero-order valence-corrected chi connectivity index (χ0v) is 13.5. The second-order valence-electron chi connectivity index (χ2n) is 5.69. The normalized spacial score (nSPS) is 13.0. The first-order valence-corrected chi connectivity index (χ1v) is 7.90. The van der Waals surface area contributed by atoms with E-state index >= 15 is 0 Å². The Morgan fingerprint density at radius 1 is 0.923 bits per heavy atom. The highest BCUT2D eigenvalue weighted by atomic mass is 16.7. The van der Waals surface area contributed by atoms with Crippen LogP contribution in [0.3, 0.4) is 0 Å². The van der Waals surface area contributed by atoms with Crippen LogP contribution in [0.5, 0.6) is 0 Å². The Bertz CT molecular complexity index is 976. The van der Waals surface area contributed by atoms with Crippen LogP contribution in [0.2, 0.25) is 0 Å². The standard InChI is InChI=1S/C19H13N3O4/c23-17-15-8-3-4-9-16(15)18(24)22(17)26-19(25)14-7-2-1-6-13(14)12-21-11-5-10-20-21/h1-11H,12H2. The lowest BCUT2D eigenvalue weighted by molar-refractivity contribution is -0.0585. The molecular formula is C19H13N3O4. The van der Waals surface area contributed by atoms with Crippen molar-refractivity contribution in [2.24, 2.45) is 0 Å². The number of carbonyl (C=O) groups excluding carboxylic acids is 3. The topological polar surface area (TPSA) is 81.5 Å². The second-order valence-corrected chi connectivity index (χ2v) is 5.69. The number of aromatic nitrogens is 2. The molecule has 0 unspecified atom stereocenters. The molecule has 7 heteroatoms. The van der Waals surface area contributed by atoms with E-state index in [1.54, 1.807) is 59.5 Å². The molecule has 1 aromatic heterocycles. The summed E-state index contributed by atoms with van der Waals surface area (Å²) in [5.74, 6) is -2.07. The number of rotatable bonds is 4. The van der Waals surface area contributed by atoms with E-state index in [4.69, 9.17) is 4.84 Å². The molecule has 2 aromatic carbocycles. The molecule has 2 amide bonds. The van der Waals surface area contributed by atoms with E-state index in [1.807, 2.05) is 0 Å². The zero-order chi connectivity index (χ0) is 18.1. The highest BCUT2D eigenvalue weighted by molar-refractivity contribution is 6.21. The maximum atomic E-state index is 12.6. The third-order valence-corrected chi connectivity index (χ3v) is 4.06. The lowest BCUT2D eigenvalue weighted by Crippen LogP contribution is -2.33. The van der Waals surface area contributed by atoms with E-state index in [0.29, 0.717) is 17.2 Å². The number of hydrogen-bond donors (Lipinski definition) is 0. The van der Waals surface area contributed by atoms with Gasteiger partial charge in [-0.25, -0.2) is 4.79 Å². The minimum absolute atomic E-state index is 0.218. The third kappa shape index (κ3) is 2.65. The van der Waals surface area contributed by atoms with Crippen molar-refractivity contribution >= 4 is 17.8 Å². The summed E-state index contributed by atoms with van der Waals surface area (Å²) in [6, 6.07) is 14.9. The third-order valence-electron chi connectivity index (χ3n) is 4.06. The quantitative estimate of drug-likeness (QED) is 0.677. The van der Waals surface area contributed by atoms with Gasteiger partial charge < -0.3 is 4.84 Å². The van der Waals surface area contributed by atoms with Crippen LogP contribution in [0, 0.1) is 0 Å². The van der Waals surface area contributed by atoms with Crippen molar-refractivity contribution in [1.29, 1.82) is 0 Å². The van der Waals surface area contributed by atoms with E-state index in [9.17, 15) is 14.4 Å². The molecule has 0 saturated heterocycles. The minimum Gasteiger partial charge on any atom is -0.324 e. The van der Waals surface area contributed by atoms with Crippen molar-refractivity contribution < 1.29 is 19.2 Å². The average Bonchev–Trinajstić information content (AvgIpc) is 3.25. The van der Waals surface area contributed by atoms with Crippen molar-refractivity contribution in [2.75, 3.05) is 0 Å². The van der Waals surface area contributed by atoms with E-state index in [1.165, 1.54) is 12.1 Å². The molecule has 1 aliphatic rings. The summed E-state index contributed by atoms with van der Waals surface area (Å²) in [7, 11) is 0. The molecular weight excluding hydrogens is 334 g/mol. The Hall–Kier alpha value is -3.74. The van der Waals surface area contributed by atoms with Crippen LogP contribution in [0.15, 0.2) is 67.0 Å². The summed E-state index contributed by atoms with van der Waals surface area (Å²) < 4.78 is 1.66. The average molecular weight is 347 g/mol. The molecule has 0 fully saturated rings. The number of amides is 2. The molecule has 0 atom stereocenters. The van der Waals surface area contributed by atoms with Crippen molar-refractivity contribution in [2.45, 2.75) is 6.54 Å². The van der Waals surface area contributed by atoms with Gasteiger partial charge in [-0.1, -0.05) is 35.4 Å². The molecule has 0 N–H and O–H groups in total. The SMILES string of the molecule is O=C(ON1C(=O)c2ccccc2C1=O)c1ccccc1Cn1cccn1. The molecule has 0 radical (unpaired) electrons. The number of benzene rings is 2. The fourth-order valence-corrected chi connectivity index (χ4v) is 2.81. The number of hydroxylamine groups is 2. The fourth-order valence-electron chi connectivity index (χ4n) is 2.81. The number of hydrogen-bond acceptors (Lipinski definition) is 5. The second kappa shape index (κ2) is 6.29. The maximum Gasteiger partial charge on any atom is 0.364 e. The van der Waals surface area contributed by atoms with Gasteiger partial charge >= 0.3 is 5.97 Å². The zero-order valence-electron chi connectivity index (χ0n) is 13.5. The van der Waals surface area contributed by atoms with Crippen LogP contribution in [0.4, 0.5) is 0 Å². The Balaban J connectivity index is 1.58. The van der Waals surface area contributed by atoms with Gasteiger partial charge in [-0.05, 0) is 29.8 Å². The van der Waals surface area contributed by atoms with E-state index in [2.05, 4.69) is 5.10 Å². The highest BCUT2D eigenvalue weighted by Crippen LogP contribution is 2.24. The van der Waals surface area contributed by atoms with Gasteiger partial charge in [-0.15, -0.1) is 0 Å². The number of nitrogens with zero attached hydrogens (tertiary/aromatic N) is 3. The first-order chi connectivity index (χ1) is 12.6. The van der Waals surface area contributed by atoms with Gasteiger partial charge in [-0.3, -0.25) is 14.3 Å². The molecule has 3 aromatic rings. The van der Waals surface area contributed by atoms with Gasteiger partial charge in [0.25, 0.3) is 11.8 Å². The van der Waals surface area contributed by atoms with Gasteiger partial charge in [0, 0.05) is 12.4 Å². The number of fused-ring (bicyclic) bond motifs is 1. The minimum atomic E-state index is -0.776. The lowest BCUT2D eigenvalue weighted by atomic mass is 10.1. The molecule has 0 bridgehead atoms. The predicted octanol–water partition coefficient (Wildman–Crippen LogP) is 2.30. The maximum absolute atomic E-state index is 12.6. The van der Waals surface area contributed by atoms with E-state index < -0.39 is 17.8 Å². The molecule has 0 aliphatic carbocycles. The Morgan fingerprint density at radius 3 is 2.23 bits per heavy atom. The molecule has 4 rings (SSSR count). The van der Waals surface area contributed by atoms with E-state index in [0.717, 1.165) is 0 Å². The predicted molar refractivity (Wildman–Crippen MR) is 90.1 cm³/mol. The van der Waals surface area contributed by atoms with Crippen molar-refractivity contribution in [3.8, 4) is 0 Å². The van der Waals surface area contributed by atoms with Crippen LogP contribution < -0.4 is 0 Å². The molecule has 7 nitrogen and oxygen atoms in total. The molecule has 2 heterocycles. The highest BCUT2D eigenvalue weighted by Gasteiger charge is 2.39. The summed E-state index contributed by atoms with van der Waals surface area (Å²) in [5, 5.41) is 4.62. The molecule has 128 valence electrons. The van der Waals surface area contributed by atoms with Crippen molar-refractivity contribution in [3.63, 3.8) is 0 Å². The molecule has 26 heavy (non-hydrogen) atoms. The summed E-state index contributed by atoms with van der Waals surface area (Å²) in [6.07, 6.45) is 3.41. The first kappa shape index (κ1) is 15.8. The number of carbonyl (C=O) groups is 3.